The minimum Gasteiger partial charge on any atom is -0.493 e. The van der Waals surface area contributed by atoms with Crippen molar-refractivity contribution in [2.75, 3.05) is 26.9 Å². The predicted molar refractivity (Wildman–Crippen MR) is 74.9 cm³/mol. The van der Waals surface area contributed by atoms with Gasteiger partial charge in [0.25, 0.3) is 0 Å². The zero-order valence-electron chi connectivity index (χ0n) is 11.7. The van der Waals surface area contributed by atoms with Gasteiger partial charge in [0, 0.05) is 12.6 Å². The van der Waals surface area contributed by atoms with Gasteiger partial charge < -0.3 is 19.5 Å². The van der Waals surface area contributed by atoms with E-state index >= 15 is 0 Å². The summed E-state index contributed by atoms with van der Waals surface area (Å²) in [5, 5.41) is 3.53. The summed E-state index contributed by atoms with van der Waals surface area (Å²) in [7, 11) is 1.66. The molecule has 2 atom stereocenters. The molecule has 1 aliphatic heterocycles. The Labute approximate surface area is 115 Å². The summed E-state index contributed by atoms with van der Waals surface area (Å²) in [6, 6.07) is 8.09. The second-order valence-electron chi connectivity index (χ2n) is 4.73. The van der Waals surface area contributed by atoms with E-state index in [0.717, 1.165) is 37.5 Å². The van der Waals surface area contributed by atoms with Crippen LogP contribution < -0.4 is 14.8 Å². The van der Waals surface area contributed by atoms with Crippen LogP contribution in [-0.4, -0.2) is 39.0 Å². The first-order chi connectivity index (χ1) is 9.35. The average Bonchev–Trinajstić information content (AvgIpc) is 2.47. The van der Waals surface area contributed by atoms with Gasteiger partial charge in [-0.3, -0.25) is 0 Å². The highest BCUT2D eigenvalue weighted by Crippen LogP contribution is 2.28. The number of methoxy groups -OCH3 is 1. The third-order valence-corrected chi connectivity index (χ3v) is 3.31. The molecule has 1 N–H and O–H groups in total. The molecule has 1 saturated heterocycles. The lowest BCUT2D eigenvalue weighted by Crippen LogP contribution is -2.49. The highest BCUT2D eigenvalue weighted by Gasteiger charge is 2.27. The van der Waals surface area contributed by atoms with Crippen LogP contribution in [0.4, 0.5) is 0 Å². The molecule has 1 aliphatic rings. The molecule has 4 heteroatoms. The van der Waals surface area contributed by atoms with E-state index in [4.69, 9.17) is 14.2 Å². The Bertz CT molecular complexity index is 383. The maximum absolute atomic E-state index is 6.07. The lowest BCUT2D eigenvalue weighted by Gasteiger charge is -2.32. The van der Waals surface area contributed by atoms with Gasteiger partial charge in [0.1, 0.15) is 6.10 Å². The summed E-state index contributed by atoms with van der Waals surface area (Å²) in [5.41, 5.74) is 0. The van der Waals surface area contributed by atoms with Gasteiger partial charge in [-0.1, -0.05) is 19.1 Å². The first kappa shape index (κ1) is 14.2. The predicted octanol–water partition coefficient (Wildman–Crippen LogP) is 2.23. The first-order valence-corrected chi connectivity index (χ1v) is 6.96. The van der Waals surface area contributed by atoms with E-state index in [1.807, 2.05) is 24.3 Å². The van der Waals surface area contributed by atoms with Crippen molar-refractivity contribution in [2.45, 2.75) is 31.9 Å². The topological polar surface area (TPSA) is 39.7 Å². The molecule has 1 heterocycles. The summed E-state index contributed by atoms with van der Waals surface area (Å²) in [6.45, 7) is 4.60. The molecule has 0 radical (unpaired) electrons. The zero-order chi connectivity index (χ0) is 13.5. The Balaban J connectivity index is 2.02. The standard InChI is InChI=1S/C15H23NO3/c1-3-9-16-12-8-10-18-11-15(12)19-14-7-5-4-6-13(14)17-2/h4-7,12,15-16H,3,8-11H2,1-2H3. The van der Waals surface area contributed by atoms with Crippen molar-refractivity contribution in [3.8, 4) is 11.5 Å². The van der Waals surface area contributed by atoms with Crippen molar-refractivity contribution in [1.82, 2.24) is 5.32 Å². The minimum absolute atomic E-state index is 0.0385. The molecule has 0 amide bonds. The van der Waals surface area contributed by atoms with E-state index in [1.165, 1.54) is 0 Å². The molecular weight excluding hydrogens is 242 g/mol. The van der Waals surface area contributed by atoms with Crippen LogP contribution >= 0.6 is 0 Å². The number of benzene rings is 1. The van der Waals surface area contributed by atoms with Crippen molar-refractivity contribution >= 4 is 0 Å². The maximum Gasteiger partial charge on any atom is 0.161 e. The molecule has 0 aliphatic carbocycles. The molecule has 106 valence electrons. The molecule has 0 saturated carbocycles. The third kappa shape index (κ3) is 3.85. The van der Waals surface area contributed by atoms with Gasteiger partial charge in [-0.2, -0.15) is 0 Å². The number of hydrogen-bond donors (Lipinski definition) is 1. The zero-order valence-corrected chi connectivity index (χ0v) is 11.7. The van der Waals surface area contributed by atoms with E-state index in [-0.39, 0.29) is 6.10 Å². The van der Waals surface area contributed by atoms with E-state index in [2.05, 4.69) is 12.2 Å². The molecule has 0 bridgehead atoms. The van der Waals surface area contributed by atoms with Crippen molar-refractivity contribution in [2.24, 2.45) is 0 Å². The molecule has 0 aromatic heterocycles. The fraction of sp³-hybridized carbons (Fsp3) is 0.600. The van der Waals surface area contributed by atoms with Gasteiger partial charge in [-0.15, -0.1) is 0 Å². The van der Waals surface area contributed by atoms with Gasteiger partial charge in [0.15, 0.2) is 11.5 Å². The number of para-hydroxylation sites is 2. The minimum atomic E-state index is 0.0385. The van der Waals surface area contributed by atoms with Crippen LogP contribution in [0.5, 0.6) is 11.5 Å². The van der Waals surface area contributed by atoms with Crippen LogP contribution in [0, 0.1) is 0 Å². The Kier molecular flexibility index (Phi) is 5.48. The smallest absolute Gasteiger partial charge is 0.161 e. The van der Waals surface area contributed by atoms with Crippen LogP contribution in [0.3, 0.4) is 0 Å². The summed E-state index contributed by atoms with van der Waals surface area (Å²) >= 11 is 0. The van der Waals surface area contributed by atoms with Crippen LogP contribution in [0.15, 0.2) is 24.3 Å². The molecule has 0 spiro atoms. The highest BCUT2D eigenvalue weighted by molar-refractivity contribution is 5.39. The van der Waals surface area contributed by atoms with Gasteiger partial charge >= 0.3 is 0 Å². The normalized spacial score (nSPS) is 23.1. The van der Waals surface area contributed by atoms with Crippen molar-refractivity contribution in [3.63, 3.8) is 0 Å². The SMILES string of the molecule is CCCNC1CCOCC1Oc1ccccc1OC. The Morgan fingerprint density at radius 1 is 1.32 bits per heavy atom. The molecule has 2 rings (SSSR count). The summed E-state index contributed by atoms with van der Waals surface area (Å²) < 4.78 is 16.9. The number of rotatable bonds is 6. The fourth-order valence-corrected chi connectivity index (χ4v) is 2.27. The molecule has 19 heavy (non-hydrogen) atoms. The third-order valence-electron chi connectivity index (χ3n) is 3.31. The molecule has 4 nitrogen and oxygen atoms in total. The Morgan fingerprint density at radius 2 is 2.11 bits per heavy atom. The van der Waals surface area contributed by atoms with Crippen LogP contribution in [0.2, 0.25) is 0 Å². The molecule has 1 aromatic rings. The summed E-state index contributed by atoms with van der Waals surface area (Å²) in [6.07, 6.45) is 2.15. The number of ether oxygens (including phenoxy) is 3. The fourth-order valence-electron chi connectivity index (χ4n) is 2.27. The average molecular weight is 265 g/mol. The van der Waals surface area contributed by atoms with E-state index in [1.54, 1.807) is 7.11 Å². The maximum atomic E-state index is 6.07. The first-order valence-electron chi connectivity index (χ1n) is 6.96. The lowest BCUT2D eigenvalue weighted by atomic mass is 10.1. The van der Waals surface area contributed by atoms with Crippen LogP contribution in [0.25, 0.3) is 0 Å². The van der Waals surface area contributed by atoms with E-state index < -0.39 is 0 Å². The van der Waals surface area contributed by atoms with Crippen molar-refractivity contribution < 1.29 is 14.2 Å². The lowest BCUT2D eigenvalue weighted by molar-refractivity contribution is -0.0155. The van der Waals surface area contributed by atoms with Crippen molar-refractivity contribution in [1.29, 1.82) is 0 Å². The van der Waals surface area contributed by atoms with Gasteiger partial charge in [-0.05, 0) is 31.5 Å². The molecule has 2 unspecified atom stereocenters. The van der Waals surface area contributed by atoms with Gasteiger partial charge in [0.05, 0.1) is 13.7 Å². The van der Waals surface area contributed by atoms with Crippen LogP contribution in [0.1, 0.15) is 19.8 Å². The summed E-state index contributed by atoms with van der Waals surface area (Å²) in [5.74, 6) is 1.55. The largest absolute Gasteiger partial charge is 0.493 e. The Morgan fingerprint density at radius 3 is 2.84 bits per heavy atom. The van der Waals surface area contributed by atoms with Crippen molar-refractivity contribution in [3.05, 3.63) is 24.3 Å². The molecular formula is C15H23NO3. The monoisotopic (exact) mass is 265 g/mol. The molecule has 1 aromatic carbocycles. The van der Waals surface area contributed by atoms with E-state index in [0.29, 0.717) is 12.6 Å². The van der Waals surface area contributed by atoms with E-state index in [9.17, 15) is 0 Å². The van der Waals surface area contributed by atoms with Gasteiger partial charge in [-0.25, -0.2) is 0 Å². The second kappa shape index (κ2) is 7.36. The van der Waals surface area contributed by atoms with Gasteiger partial charge in [0.2, 0.25) is 0 Å². The molecule has 1 fully saturated rings. The highest BCUT2D eigenvalue weighted by atomic mass is 16.6. The number of nitrogens with one attached hydrogen (secondary N) is 1. The summed E-state index contributed by atoms with van der Waals surface area (Å²) in [4.78, 5) is 0. The Hall–Kier alpha value is -1.26. The second-order valence-corrected chi connectivity index (χ2v) is 4.73. The quantitative estimate of drug-likeness (QED) is 0.856. The number of hydrogen-bond acceptors (Lipinski definition) is 4. The van der Waals surface area contributed by atoms with Crippen LogP contribution in [-0.2, 0) is 4.74 Å².